The smallest absolute Gasteiger partial charge is 0.122 e. The molecule has 0 saturated carbocycles. The van der Waals surface area contributed by atoms with Crippen LogP contribution in [0.2, 0.25) is 0 Å². The van der Waals surface area contributed by atoms with Crippen molar-refractivity contribution in [2.75, 3.05) is 26.4 Å². The SMILES string of the molecule is O=CCCOCC1CCOCC1. The van der Waals surface area contributed by atoms with Crippen LogP contribution in [0.25, 0.3) is 0 Å². The molecule has 1 aliphatic heterocycles. The molecular weight excluding hydrogens is 156 g/mol. The lowest BCUT2D eigenvalue weighted by Crippen LogP contribution is -2.20. The number of ether oxygens (including phenoxy) is 2. The first-order valence-corrected chi connectivity index (χ1v) is 4.52. The molecule has 0 bridgehead atoms. The van der Waals surface area contributed by atoms with E-state index < -0.39 is 0 Å². The van der Waals surface area contributed by atoms with E-state index in [0.29, 0.717) is 18.9 Å². The van der Waals surface area contributed by atoms with Gasteiger partial charge in [-0.25, -0.2) is 0 Å². The Bertz CT molecular complexity index is 119. The molecule has 0 aliphatic carbocycles. The first-order valence-electron chi connectivity index (χ1n) is 4.52. The Morgan fingerprint density at radius 1 is 1.42 bits per heavy atom. The first-order chi connectivity index (χ1) is 5.93. The van der Waals surface area contributed by atoms with Crippen LogP contribution >= 0.6 is 0 Å². The van der Waals surface area contributed by atoms with Crippen LogP contribution in [0.3, 0.4) is 0 Å². The minimum Gasteiger partial charge on any atom is -0.381 e. The van der Waals surface area contributed by atoms with Crippen LogP contribution < -0.4 is 0 Å². The summed E-state index contributed by atoms with van der Waals surface area (Å²) in [5, 5.41) is 0. The molecule has 3 heteroatoms. The van der Waals surface area contributed by atoms with Crippen LogP contribution in [0.1, 0.15) is 19.3 Å². The van der Waals surface area contributed by atoms with Crippen LogP contribution in [0.4, 0.5) is 0 Å². The van der Waals surface area contributed by atoms with Crippen LogP contribution in [0.15, 0.2) is 0 Å². The fraction of sp³-hybridized carbons (Fsp3) is 0.889. The monoisotopic (exact) mass is 172 g/mol. The third kappa shape index (κ3) is 3.83. The molecule has 1 aliphatic rings. The Balaban J connectivity index is 1.94. The number of hydrogen-bond acceptors (Lipinski definition) is 3. The summed E-state index contributed by atoms with van der Waals surface area (Å²) in [6, 6.07) is 0. The highest BCUT2D eigenvalue weighted by Crippen LogP contribution is 2.14. The summed E-state index contributed by atoms with van der Waals surface area (Å²) in [4.78, 5) is 9.96. The maximum atomic E-state index is 9.96. The largest absolute Gasteiger partial charge is 0.381 e. The molecular formula is C9H16O3. The topological polar surface area (TPSA) is 35.5 Å². The zero-order valence-corrected chi connectivity index (χ0v) is 7.33. The Kier molecular flexibility index (Phi) is 4.95. The van der Waals surface area contributed by atoms with Gasteiger partial charge in [0.05, 0.1) is 6.61 Å². The molecule has 1 rings (SSSR count). The van der Waals surface area contributed by atoms with E-state index in [9.17, 15) is 4.79 Å². The molecule has 3 nitrogen and oxygen atoms in total. The van der Waals surface area contributed by atoms with Gasteiger partial charge < -0.3 is 14.3 Å². The van der Waals surface area contributed by atoms with Crippen LogP contribution in [-0.2, 0) is 14.3 Å². The van der Waals surface area contributed by atoms with Gasteiger partial charge in [0, 0.05) is 26.2 Å². The van der Waals surface area contributed by atoms with Gasteiger partial charge in [0.2, 0.25) is 0 Å². The van der Waals surface area contributed by atoms with E-state index in [2.05, 4.69) is 0 Å². The molecule has 0 N–H and O–H groups in total. The van der Waals surface area contributed by atoms with Crippen molar-refractivity contribution in [3.05, 3.63) is 0 Å². The predicted molar refractivity (Wildman–Crippen MR) is 45.0 cm³/mol. The molecule has 12 heavy (non-hydrogen) atoms. The summed E-state index contributed by atoms with van der Waals surface area (Å²) in [6.45, 7) is 3.08. The molecule has 0 aromatic heterocycles. The Morgan fingerprint density at radius 2 is 2.17 bits per heavy atom. The van der Waals surface area contributed by atoms with Crippen molar-refractivity contribution in [3.63, 3.8) is 0 Å². The normalized spacial score (nSPS) is 19.3. The van der Waals surface area contributed by atoms with Gasteiger partial charge in [0.25, 0.3) is 0 Å². The highest BCUT2D eigenvalue weighted by atomic mass is 16.5. The van der Waals surface area contributed by atoms with Gasteiger partial charge in [-0.3, -0.25) is 0 Å². The molecule has 0 spiro atoms. The third-order valence-corrected chi connectivity index (χ3v) is 2.07. The summed E-state index contributed by atoms with van der Waals surface area (Å²) in [5.74, 6) is 0.644. The van der Waals surface area contributed by atoms with Gasteiger partial charge in [-0.2, -0.15) is 0 Å². The van der Waals surface area contributed by atoms with Crippen molar-refractivity contribution in [2.24, 2.45) is 5.92 Å². The van der Waals surface area contributed by atoms with Gasteiger partial charge in [-0.15, -0.1) is 0 Å². The van der Waals surface area contributed by atoms with E-state index >= 15 is 0 Å². The lowest BCUT2D eigenvalue weighted by Gasteiger charge is -2.21. The second-order valence-electron chi connectivity index (χ2n) is 3.09. The summed E-state index contributed by atoms with van der Waals surface area (Å²) < 4.78 is 10.5. The second-order valence-corrected chi connectivity index (χ2v) is 3.09. The highest BCUT2D eigenvalue weighted by molar-refractivity contribution is 5.49. The van der Waals surface area contributed by atoms with E-state index in [1.807, 2.05) is 0 Å². The second kappa shape index (κ2) is 6.14. The molecule has 0 aromatic carbocycles. The molecule has 0 radical (unpaired) electrons. The van der Waals surface area contributed by atoms with Crippen molar-refractivity contribution in [1.29, 1.82) is 0 Å². The molecule has 0 amide bonds. The van der Waals surface area contributed by atoms with Crippen molar-refractivity contribution in [3.8, 4) is 0 Å². The number of carbonyl (C=O) groups excluding carboxylic acids is 1. The minimum atomic E-state index is 0.517. The van der Waals surface area contributed by atoms with E-state index in [1.54, 1.807) is 0 Å². The van der Waals surface area contributed by atoms with Crippen molar-refractivity contribution in [1.82, 2.24) is 0 Å². The molecule has 0 unspecified atom stereocenters. The quantitative estimate of drug-likeness (QED) is 0.459. The number of rotatable bonds is 5. The Hall–Kier alpha value is -0.410. The molecule has 1 saturated heterocycles. The average Bonchev–Trinajstić information content (AvgIpc) is 2.14. The molecule has 0 aromatic rings. The maximum Gasteiger partial charge on any atom is 0.122 e. The summed E-state index contributed by atoms with van der Waals surface area (Å²) in [5.41, 5.74) is 0. The van der Waals surface area contributed by atoms with Crippen molar-refractivity contribution < 1.29 is 14.3 Å². The van der Waals surface area contributed by atoms with E-state index in [4.69, 9.17) is 9.47 Å². The standard InChI is InChI=1S/C9H16O3/c10-4-1-5-12-8-9-2-6-11-7-3-9/h4,9H,1-3,5-8H2. The van der Waals surface area contributed by atoms with Gasteiger partial charge in [-0.05, 0) is 18.8 Å². The summed E-state index contributed by atoms with van der Waals surface area (Å²) in [6.07, 6.45) is 3.61. The number of carbonyl (C=O) groups is 1. The van der Waals surface area contributed by atoms with Crippen LogP contribution in [-0.4, -0.2) is 32.7 Å². The molecule has 0 atom stereocenters. The van der Waals surface area contributed by atoms with Crippen LogP contribution in [0.5, 0.6) is 0 Å². The molecule has 1 fully saturated rings. The van der Waals surface area contributed by atoms with E-state index in [0.717, 1.165) is 38.9 Å². The highest BCUT2D eigenvalue weighted by Gasteiger charge is 2.13. The van der Waals surface area contributed by atoms with Gasteiger partial charge in [0.1, 0.15) is 6.29 Å². The molecule has 70 valence electrons. The van der Waals surface area contributed by atoms with Gasteiger partial charge in [-0.1, -0.05) is 0 Å². The lowest BCUT2D eigenvalue weighted by atomic mass is 10.0. The maximum absolute atomic E-state index is 9.96. The van der Waals surface area contributed by atoms with Crippen molar-refractivity contribution in [2.45, 2.75) is 19.3 Å². The number of aldehydes is 1. The Labute approximate surface area is 73.0 Å². The summed E-state index contributed by atoms with van der Waals surface area (Å²) in [7, 11) is 0. The zero-order valence-electron chi connectivity index (χ0n) is 7.33. The van der Waals surface area contributed by atoms with Crippen molar-refractivity contribution >= 4 is 6.29 Å². The van der Waals surface area contributed by atoms with E-state index in [1.165, 1.54) is 0 Å². The van der Waals surface area contributed by atoms with Gasteiger partial charge in [0.15, 0.2) is 0 Å². The average molecular weight is 172 g/mol. The zero-order chi connectivity index (χ0) is 8.65. The predicted octanol–water partition coefficient (Wildman–Crippen LogP) is 1.02. The lowest BCUT2D eigenvalue weighted by molar-refractivity contribution is -0.109. The third-order valence-electron chi connectivity index (χ3n) is 2.07. The first kappa shape index (κ1) is 9.68. The van der Waals surface area contributed by atoms with Gasteiger partial charge >= 0.3 is 0 Å². The summed E-state index contributed by atoms with van der Waals surface area (Å²) >= 11 is 0. The Morgan fingerprint density at radius 3 is 2.83 bits per heavy atom. The van der Waals surface area contributed by atoms with Crippen LogP contribution in [0, 0.1) is 5.92 Å². The minimum absolute atomic E-state index is 0.517. The molecule has 1 heterocycles. The fourth-order valence-corrected chi connectivity index (χ4v) is 1.29. The fourth-order valence-electron chi connectivity index (χ4n) is 1.29. The number of hydrogen-bond donors (Lipinski definition) is 0. The van der Waals surface area contributed by atoms with E-state index in [-0.39, 0.29) is 0 Å².